The average Bonchev–Trinajstić information content (AvgIpc) is 2.66. The summed E-state index contributed by atoms with van der Waals surface area (Å²) in [6, 6.07) is 0. The Bertz CT molecular complexity index is 425. The summed E-state index contributed by atoms with van der Waals surface area (Å²) in [5, 5.41) is 8.08. The smallest absolute Gasteiger partial charge is 0.0739 e. The molecule has 3 nitrogen and oxygen atoms in total. The van der Waals surface area contributed by atoms with E-state index in [0.29, 0.717) is 4.75 Å². The lowest BCUT2D eigenvalue weighted by atomic mass is 9.88. The lowest BCUT2D eigenvalue weighted by Crippen LogP contribution is -2.39. The normalized spacial score (nSPS) is 18.7. The van der Waals surface area contributed by atoms with E-state index in [1.165, 1.54) is 37.8 Å². The van der Waals surface area contributed by atoms with Crippen LogP contribution < -0.4 is 5.32 Å². The number of hydrogen-bond acceptors (Lipinski definition) is 3. The summed E-state index contributed by atoms with van der Waals surface area (Å²) in [5.74, 6) is 0. The van der Waals surface area contributed by atoms with Crippen LogP contribution in [0.25, 0.3) is 0 Å². The summed E-state index contributed by atoms with van der Waals surface area (Å²) in [6.07, 6.45) is 9.15. The van der Waals surface area contributed by atoms with Crippen molar-refractivity contribution < 1.29 is 0 Å². The summed E-state index contributed by atoms with van der Waals surface area (Å²) >= 11 is 5.67. The van der Waals surface area contributed by atoms with Crippen molar-refractivity contribution >= 4 is 27.7 Å². The molecule has 1 aliphatic rings. The molecule has 2 rings (SSSR count). The van der Waals surface area contributed by atoms with Crippen molar-refractivity contribution in [3.05, 3.63) is 15.9 Å². The molecular weight excluding hydrogens is 322 g/mol. The highest BCUT2D eigenvalue weighted by molar-refractivity contribution is 9.10. The predicted molar refractivity (Wildman–Crippen MR) is 86.7 cm³/mol. The minimum absolute atomic E-state index is 0.457. The van der Waals surface area contributed by atoms with Crippen LogP contribution in [0, 0.1) is 6.92 Å². The van der Waals surface area contributed by atoms with Gasteiger partial charge in [-0.1, -0.05) is 19.3 Å². The monoisotopic (exact) mass is 345 g/mol. The maximum atomic E-state index is 4.44. The molecule has 19 heavy (non-hydrogen) atoms. The largest absolute Gasteiger partial charge is 0.310 e. The van der Waals surface area contributed by atoms with Gasteiger partial charge in [-0.15, -0.1) is 0 Å². The van der Waals surface area contributed by atoms with E-state index in [9.17, 15) is 0 Å². The second-order valence-electron chi connectivity index (χ2n) is 5.52. The molecule has 1 N–H and O–H groups in total. The second-order valence-corrected chi connectivity index (χ2v) is 7.59. The van der Waals surface area contributed by atoms with E-state index >= 15 is 0 Å². The van der Waals surface area contributed by atoms with Gasteiger partial charge in [-0.3, -0.25) is 4.68 Å². The first-order chi connectivity index (χ1) is 9.08. The van der Waals surface area contributed by atoms with Crippen LogP contribution >= 0.6 is 27.7 Å². The molecule has 1 aromatic heterocycles. The van der Waals surface area contributed by atoms with E-state index < -0.39 is 0 Å². The molecule has 1 fully saturated rings. The van der Waals surface area contributed by atoms with Gasteiger partial charge in [-0.05, 0) is 42.0 Å². The molecule has 1 heterocycles. The zero-order valence-electron chi connectivity index (χ0n) is 12.1. The molecule has 1 saturated carbocycles. The third kappa shape index (κ3) is 3.56. The van der Waals surface area contributed by atoms with Gasteiger partial charge in [0.25, 0.3) is 0 Å². The topological polar surface area (TPSA) is 29.9 Å². The van der Waals surface area contributed by atoms with Gasteiger partial charge in [0, 0.05) is 24.9 Å². The Labute approximate surface area is 129 Å². The van der Waals surface area contributed by atoms with Crippen LogP contribution in [0.4, 0.5) is 0 Å². The Morgan fingerprint density at radius 2 is 2.05 bits per heavy atom. The van der Waals surface area contributed by atoms with Gasteiger partial charge in [-0.25, -0.2) is 0 Å². The van der Waals surface area contributed by atoms with E-state index in [0.717, 1.165) is 23.3 Å². The fraction of sp³-hybridized carbons (Fsp3) is 0.786. The molecule has 0 amide bonds. The summed E-state index contributed by atoms with van der Waals surface area (Å²) in [5.41, 5.74) is 2.31. The van der Waals surface area contributed by atoms with Crippen LogP contribution in [0.5, 0.6) is 0 Å². The molecule has 0 unspecified atom stereocenters. The second kappa shape index (κ2) is 6.64. The first kappa shape index (κ1) is 15.4. The Kier molecular flexibility index (Phi) is 5.37. The number of nitrogens with zero attached hydrogens (tertiary/aromatic N) is 2. The maximum Gasteiger partial charge on any atom is 0.0739 e. The van der Waals surface area contributed by atoms with E-state index in [1.54, 1.807) is 0 Å². The van der Waals surface area contributed by atoms with Gasteiger partial charge in [0.1, 0.15) is 0 Å². The molecule has 0 aromatic carbocycles. The standard InChI is InChI=1S/C14H24BrN3S/c1-11-13(15)12(18(2)17-11)9-16-10-14(19-3)7-5-4-6-8-14/h16H,4-10H2,1-3H3. The van der Waals surface area contributed by atoms with Crippen LogP contribution in [-0.2, 0) is 13.6 Å². The number of halogens is 1. The molecule has 0 spiro atoms. The molecular formula is C14H24BrN3S. The number of nitrogens with one attached hydrogen (secondary N) is 1. The minimum Gasteiger partial charge on any atom is -0.310 e. The lowest BCUT2D eigenvalue weighted by Gasteiger charge is -2.36. The fourth-order valence-corrected chi connectivity index (χ4v) is 4.35. The number of rotatable bonds is 5. The van der Waals surface area contributed by atoms with Crippen LogP contribution in [-0.4, -0.2) is 27.3 Å². The van der Waals surface area contributed by atoms with Crippen LogP contribution in [0.2, 0.25) is 0 Å². The van der Waals surface area contributed by atoms with Crippen LogP contribution in [0.1, 0.15) is 43.5 Å². The summed E-state index contributed by atoms with van der Waals surface area (Å²) in [6.45, 7) is 4.03. The predicted octanol–water partition coefficient (Wildman–Crippen LogP) is 3.65. The number of aromatic nitrogens is 2. The van der Waals surface area contributed by atoms with E-state index in [2.05, 4.69) is 32.6 Å². The van der Waals surface area contributed by atoms with Crippen LogP contribution in [0.15, 0.2) is 4.47 Å². The van der Waals surface area contributed by atoms with Gasteiger partial charge in [0.05, 0.1) is 15.9 Å². The molecule has 0 bridgehead atoms. The maximum absolute atomic E-state index is 4.44. The average molecular weight is 346 g/mol. The van der Waals surface area contributed by atoms with Gasteiger partial charge in [-0.2, -0.15) is 16.9 Å². The van der Waals surface area contributed by atoms with Crippen molar-refractivity contribution in [1.82, 2.24) is 15.1 Å². The molecule has 0 aliphatic heterocycles. The SMILES string of the molecule is CSC1(CNCc2c(Br)c(C)nn2C)CCCCC1. The van der Waals surface area contributed by atoms with Gasteiger partial charge in [0.15, 0.2) is 0 Å². The van der Waals surface area contributed by atoms with Crippen molar-refractivity contribution in [2.24, 2.45) is 7.05 Å². The van der Waals surface area contributed by atoms with E-state index in [-0.39, 0.29) is 0 Å². The van der Waals surface area contributed by atoms with Crippen molar-refractivity contribution in [2.45, 2.75) is 50.3 Å². The third-order valence-corrected chi connectivity index (χ3v) is 6.65. The molecule has 0 saturated heterocycles. The molecule has 1 aliphatic carbocycles. The third-order valence-electron chi connectivity index (χ3n) is 4.20. The zero-order chi connectivity index (χ0) is 13.9. The molecule has 0 atom stereocenters. The van der Waals surface area contributed by atoms with Gasteiger partial charge in [0.2, 0.25) is 0 Å². The Morgan fingerprint density at radius 1 is 1.37 bits per heavy atom. The van der Waals surface area contributed by atoms with E-state index in [1.807, 2.05) is 30.4 Å². The molecule has 5 heteroatoms. The molecule has 1 aromatic rings. The highest BCUT2D eigenvalue weighted by Gasteiger charge is 2.30. The van der Waals surface area contributed by atoms with E-state index in [4.69, 9.17) is 0 Å². The van der Waals surface area contributed by atoms with Crippen molar-refractivity contribution in [3.8, 4) is 0 Å². The summed E-state index contributed by atoms with van der Waals surface area (Å²) in [4.78, 5) is 0. The van der Waals surface area contributed by atoms with Gasteiger partial charge >= 0.3 is 0 Å². The Morgan fingerprint density at radius 3 is 2.58 bits per heavy atom. The number of thioether (sulfide) groups is 1. The zero-order valence-corrected chi connectivity index (χ0v) is 14.5. The fourth-order valence-electron chi connectivity index (χ4n) is 2.93. The van der Waals surface area contributed by atoms with Crippen molar-refractivity contribution in [2.75, 3.05) is 12.8 Å². The van der Waals surface area contributed by atoms with Crippen molar-refractivity contribution in [1.29, 1.82) is 0 Å². The first-order valence-electron chi connectivity index (χ1n) is 7.02. The molecule has 0 radical (unpaired) electrons. The Hall–Kier alpha value is 0. The Balaban J connectivity index is 1.92. The quantitative estimate of drug-likeness (QED) is 0.883. The number of aryl methyl sites for hydroxylation is 2. The number of hydrogen-bond donors (Lipinski definition) is 1. The van der Waals surface area contributed by atoms with Crippen LogP contribution in [0.3, 0.4) is 0 Å². The minimum atomic E-state index is 0.457. The van der Waals surface area contributed by atoms with Crippen molar-refractivity contribution in [3.63, 3.8) is 0 Å². The summed E-state index contributed by atoms with van der Waals surface area (Å²) < 4.78 is 3.57. The van der Waals surface area contributed by atoms with Gasteiger partial charge < -0.3 is 5.32 Å². The molecule has 108 valence electrons. The highest BCUT2D eigenvalue weighted by atomic mass is 79.9. The highest BCUT2D eigenvalue weighted by Crippen LogP contribution is 2.38. The summed E-state index contributed by atoms with van der Waals surface area (Å²) in [7, 11) is 2.01. The first-order valence-corrected chi connectivity index (χ1v) is 9.03. The lowest BCUT2D eigenvalue weighted by molar-refractivity contribution is 0.377.